The molecular weight excluding hydrogens is 448 g/mol. The fourth-order valence-corrected chi connectivity index (χ4v) is 4.52. The Labute approximate surface area is 200 Å². The summed E-state index contributed by atoms with van der Waals surface area (Å²) in [5.41, 5.74) is 2.20. The number of rotatable bonds is 10. The van der Waals surface area contributed by atoms with E-state index in [9.17, 15) is 18.0 Å². The third-order valence-electron chi connectivity index (χ3n) is 5.25. The molecule has 3 aromatic carbocycles. The first-order valence-electron chi connectivity index (χ1n) is 11.0. The number of carbonyl (C=O) groups excluding carboxylic acids is 2. The number of sulfone groups is 1. The fraction of sp³-hybridized carbons (Fsp3) is 0.185. The average Bonchev–Trinajstić information content (AvgIpc) is 2.85. The summed E-state index contributed by atoms with van der Waals surface area (Å²) >= 11 is 0. The Hall–Kier alpha value is -3.71. The molecule has 0 radical (unpaired) electrons. The highest BCUT2D eigenvalue weighted by atomic mass is 32.2. The van der Waals surface area contributed by atoms with Crippen LogP contribution in [0.3, 0.4) is 0 Å². The third kappa shape index (κ3) is 7.42. The molecule has 176 valence electrons. The van der Waals surface area contributed by atoms with E-state index in [0.717, 1.165) is 11.0 Å². The maximum Gasteiger partial charge on any atom is 0.252 e. The molecule has 0 heterocycles. The lowest BCUT2D eigenvalue weighted by molar-refractivity contribution is -0.119. The minimum absolute atomic E-state index is 0.190. The number of hydrogen-bond donors (Lipinski definition) is 2. The minimum atomic E-state index is -3.64. The molecule has 3 rings (SSSR count). The maximum atomic E-state index is 13.1. The van der Waals surface area contributed by atoms with Crippen molar-refractivity contribution in [3.63, 3.8) is 0 Å². The van der Waals surface area contributed by atoms with Crippen LogP contribution >= 0.6 is 0 Å². The largest absolute Gasteiger partial charge is 0.352 e. The smallest absolute Gasteiger partial charge is 0.252 e. The quantitative estimate of drug-likeness (QED) is 0.462. The predicted molar refractivity (Wildman–Crippen MR) is 133 cm³/mol. The molecule has 34 heavy (non-hydrogen) atoms. The molecule has 0 spiro atoms. The van der Waals surface area contributed by atoms with Gasteiger partial charge >= 0.3 is 0 Å². The van der Waals surface area contributed by atoms with Gasteiger partial charge in [0.05, 0.1) is 4.90 Å². The molecule has 0 aromatic heterocycles. The van der Waals surface area contributed by atoms with Crippen LogP contribution in [0.25, 0.3) is 0 Å². The average molecular weight is 477 g/mol. The second-order valence-corrected chi connectivity index (χ2v) is 9.69. The second-order valence-electron chi connectivity index (χ2n) is 7.86. The van der Waals surface area contributed by atoms with Crippen molar-refractivity contribution in [2.24, 2.45) is 0 Å². The number of amides is 2. The Morgan fingerprint density at radius 3 is 2.18 bits per heavy atom. The van der Waals surface area contributed by atoms with Gasteiger partial charge < -0.3 is 10.6 Å². The van der Waals surface area contributed by atoms with Crippen LogP contribution in [0.5, 0.6) is 0 Å². The van der Waals surface area contributed by atoms with Gasteiger partial charge in [-0.2, -0.15) is 0 Å². The van der Waals surface area contributed by atoms with Gasteiger partial charge in [-0.3, -0.25) is 9.59 Å². The van der Waals surface area contributed by atoms with E-state index in [2.05, 4.69) is 10.6 Å². The maximum absolute atomic E-state index is 13.1. The first-order valence-corrected chi connectivity index (χ1v) is 12.6. The standard InChI is InChI=1S/C27H28N2O4S/c1-21(30)28-20-23-12-8-9-15-26(23)27(31)29-24(17-16-22-10-4-2-5-11-22)18-19-34(32,33)25-13-6-3-7-14-25/h2-15,18-19,24H,16-17,20H2,1H3,(H,28,30)(H,29,31)/b19-18+/t24-/m0/s1. The Bertz CT molecular complexity index is 1240. The van der Waals surface area contributed by atoms with Gasteiger partial charge in [0.15, 0.2) is 9.84 Å². The third-order valence-corrected chi connectivity index (χ3v) is 6.70. The van der Waals surface area contributed by atoms with E-state index in [1.807, 2.05) is 30.3 Å². The highest BCUT2D eigenvalue weighted by Gasteiger charge is 2.17. The lowest BCUT2D eigenvalue weighted by Gasteiger charge is -2.17. The van der Waals surface area contributed by atoms with Gasteiger partial charge in [-0.05, 0) is 42.2 Å². The minimum Gasteiger partial charge on any atom is -0.352 e. The van der Waals surface area contributed by atoms with Crippen LogP contribution in [0.4, 0.5) is 0 Å². The molecule has 0 aliphatic rings. The Balaban J connectivity index is 1.81. The summed E-state index contributed by atoms with van der Waals surface area (Å²) in [5, 5.41) is 6.82. The number of carbonyl (C=O) groups is 2. The van der Waals surface area contributed by atoms with E-state index in [0.29, 0.717) is 24.0 Å². The monoisotopic (exact) mass is 476 g/mol. The molecule has 0 unspecified atom stereocenters. The topological polar surface area (TPSA) is 92.3 Å². The number of nitrogens with one attached hydrogen (secondary N) is 2. The van der Waals surface area contributed by atoms with Gasteiger partial charge in [-0.1, -0.05) is 72.8 Å². The van der Waals surface area contributed by atoms with E-state index in [1.165, 1.54) is 25.1 Å². The van der Waals surface area contributed by atoms with Gasteiger partial charge in [0, 0.05) is 30.5 Å². The molecule has 0 bridgehead atoms. The molecule has 2 N–H and O–H groups in total. The van der Waals surface area contributed by atoms with Gasteiger partial charge in [-0.15, -0.1) is 0 Å². The highest BCUT2D eigenvalue weighted by Crippen LogP contribution is 2.14. The molecular formula is C27H28N2O4S. The zero-order valence-electron chi connectivity index (χ0n) is 19.0. The van der Waals surface area contributed by atoms with E-state index in [4.69, 9.17) is 0 Å². The SMILES string of the molecule is CC(=O)NCc1ccccc1C(=O)N[C@H](/C=C/S(=O)(=O)c1ccccc1)CCc1ccccc1. The second kappa shape index (κ2) is 12.0. The van der Waals surface area contributed by atoms with Crippen molar-refractivity contribution in [2.45, 2.75) is 37.2 Å². The molecule has 0 saturated heterocycles. The van der Waals surface area contributed by atoms with Crippen LogP contribution in [-0.4, -0.2) is 26.3 Å². The fourth-order valence-electron chi connectivity index (χ4n) is 3.43. The summed E-state index contributed by atoms with van der Waals surface area (Å²) in [5.74, 6) is -0.522. The zero-order chi connectivity index (χ0) is 24.4. The lowest BCUT2D eigenvalue weighted by Crippen LogP contribution is -2.35. The van der Waals surface area contributed by atoms with Crippen LogP contribution in [0.15, 0.2) is 101 Å². The molecule has 0 fully saturated rings. The van der Waals surface area contributed by atoms with Crippen molar-refractivity contribution >= 4 is 21.7 Å². The summed E-state index contributed by atoms with van der Waals surface area (Å²) in [4.78, 5) is 24.6. The first kappa shape index (κ1) is 24.9. The van der Waals surface area contributed by atoms with Crippen molar-refractivity contribution in [2.75, 3.05) is 0 Å². The van der Waals surface area contributed by atoms with Crippen LogP contribution in [0.1, 0.15) is 34.8 Å². The van der Waals surface area contributed by atoms with Gasteiger partial charge in [-0.25, -0.2) is 8.42 Å². The van der Waals surface area contributed by atoms with Gasteiger partial charge in [0.25, 0.3) is 5.91 Å². The van der Waals surface area contributed by atoms with Crippen molar-refractivity contribution < 1.29 is 18.0 Å². The predicted octanol–water partition coefficient (Wildman–Crippen LogP) is 4.04. The summed E-state index contributed by atoms with van der Waals surface area (Å²) < 4.78 is 25.5. The molecule has 2 amide bonds. The van der Waals surface area contributed by atoms with Crippen LogP contribution in [0.2, 0.25) is 0 Å². The van der Waals surface area contributed by atoms with E-state index in [-0.39, 0.29) is 23.3 Å². The number of hydrogen-bond acceptors (Lipinski definition) is 4. The highest BCUT2D eigenvalue weighted by molar-refractivity contribution is 7.94. The Kier molecular flexibility index (Phi) is 8.76. The molecule has 6 nitrogen and oxygen atoms in total. The summed E-state index contributed by atoms with van der Waals surface area (Å²) in [7, 11) is -3.64. The van der Waals surface area contributed by atoms with Crippen molar-refractivity contribution in [3.8, 4) is 0 Å². The zero-order valence-corrected chi connectivity index (χ0v) is 19.8. The molecule has 0 saturated carbocycles. The molecule has 7 heteroatoms. The van der Waals surface area contributed by atoms with Crippen molar-refractivity contribution in [1.82, 2.24) is 10.6 Å². The normalized spacial score (nSPS) is 12.3. The lowest BCUT2D eigenvalue weighted by atomic mass is 10.0. The number of benzene rings is 3. The summed E-state index contributed by atoms with van der Waals surface area (Å²) in [6.07, 6.45) is 2.71. The first-order chi connectivity index (χ1) is 16.3. The van der Waals surface area contributed by atoms with E-state index >= 15 is 0 Å². The van der Waals surface area contributed by atoms with Crippen molar-refractivity contribution in [1.29, 1.82) is 0 Å². The molecule has 3 aromatic rings. The van der Waals surface area contributed by atoms with Gasteiger partial charge in [0.2, 0.25) is 5.91 Å². The van der Waals surface area contributed by atoms with E-state index in [1.54, 1.807) is 42.5 Å². The molecule has 0 aliphatic heterocycles. The Morgan fingerprint density at radius 2 is 1.50 bits per heavy atom. The summed E-state index contributed by atoms with van der Waals surface area (Å²) in [6.45, 7) is 1.64. The Morgan fingerprint density at radius 1 is 0.882 bits per heavy atom. The van der Waals surface area contributed by atoms with Crippen molar-refractivity contribution in [3.05, 3.63) is 113 Å². The van der Waals surface area contributed by atoms with E-state index < -0.39 is 15.9 Å². The molecule has 0 aliphatic carbocycles. The van der Waals surface area contributed by atoms with Gasteiger partial charge in [0.1, 0.15) is 0 Å². The number of aryl methyl sites for hydroxylation is 1. The van der Waals surface area contributed by atoms with Crippen LogP contribution in [-0.2, 0) is 27.6 Å². The molecule has 1 atom stereocenters. The van der Waals surface area contributed by atoms with Crippen LogP contribution in [0, 0.1) is 0 Å². The van der Waals surface area contributed by atoms with Crippen LogP contribution < -0.4 is 10.6 Å². The summed E-state index contributed by atoms with van der Waals surface area (Å²) in [6, 6.07) is 24.5.